The highest BCUT2D eigenvalue weighted by molar-refractivity contribution is 9.10. The molecule has 0 bridgehead atoms. The number of amides is 1. The van der Waals surface area contributed by atoms with Gasteiger partial charge < -0.3 is 29.0 Å². The Kier molecular flexibility index (Phi) is 10.1. The number of esters is 1. The van der Waals surface area contributed by atoms with Crippen LogP contribution in [0.3, 0.4) is 0 Å². The summed E-state index contributed by atoms with van der Waals surface area (Å²) in [5.74, 6) is 0.107. The van der Waals surface area contributed by atoms with E-state index in [9.17, 15) is 9.59 Å². The highest BCUT2D eigenvalue weighted by Gasteiger charge is 2.25. The van der Waals surface area contributed by atoms with E-state index in [-0.39, 0.29) is 12.7 Å². The zero-order valence-corrected chi connectivity index (χ0v) is 20.2. The summed E-state index contributed by atoms with van der Waals surface area (Å²) < 4.78 is 27.7. The SMILES string of the molecule is COC(=O)[C@H](Cc1ccc(OCCOC2CCCCO2)c(Br)c1)NC(=O)OC(C)(C)C. The minimum absolute atomic E-state index is 0.143. The Hall–Kier alpha value is -1.84. The third-order valence-corrected chi connectivity index (χ3v) is 5.02. The zero-order chi connectivity index (χ0) is 22.9. The lowest BCUT2D eigenvalue weighted by Crippen LogP contribution is -2.45. The van der Waals surface area contributed by atoms with Gasteiger partial charge in [-0.25, -0.2) is 9.59 Å². The summed E-state index contributed by atoms with van der Waals surface area (Å²) >= 11 is 3.49. The quantitative estimate of drug-likeness (QED) is 0.404. The molecule has 1 fully saturated rings. The van der Waals surface area contributed by atoms with E-state index in [4.69, 9.17) is 23.7 Å². The van der Waals surface area contributed by atoms with Crippen LogP contribution in [0, 0.1) is 0 Å². The van der Waals surface area contributed by atoms with Gasteiger partial charge in [0.1, 0.15) is 24.0 Å². The molecule has 1 aromatic carbocycles. The van der Waals surface area contributed by atoms with Crippen molar-refractivity contribution in [1.29, 1.82) is 0 Å². The molecule has 2 atom stereocenters. The largest absolute Gasteiger partial charge is 0.490 e. The van der Waals surface area contributed by atoms with E-state index in [2.05, 4.69) is 21.2 Å². The number of methoxy groups -OCH3 is 1. The van der Waals surface area contributed by atoms with Crippen LogP contribution in [0.5, 0.6) is 5.75 Å². The molecule has 0 spiro atoms. The van der Waals surface area contributed by atoms with Crippen LogP contribution in [0.2, 0.25) is 0 Å². The summed E-state index contributed by atoms with van der Waals surface area (Å²) in [6.45, 7) is 6.83. The standard InChI is InChI=1S/C22H32BrNO7/c1-22(2,3)31-21(26)24-17(20(25)27-4)14-15-8-9-18(16(23)13-15)28-11-12-30-19-7-5-6-10-29-19/h8-9,13,17,19H,5-7,10-12,14H2,1-4H3,(H,24,26)/t17-,19?/m0/s1. The molecule has 1 unspecified atom stereocenters. The van der Waals surface area contributed by atoms with Crippen molar-refractivity contribution in [3.63, 3.8) is 0 Å². The number of carbonyl (C=O) groups excluding carboxylic acids is 2. The lowest BCUT2D eigenvalue weighted by molar-refractivity contribution is -0.165. The Morgan fingerprint density at radius 2 is 2.03 bits per heavy atom. The number of alkyl carbamates (subject to hydrolysis) is 1. The first kappa shape index (κ1) is 25.4. The number of hydrogen-bond acceptors (Lipinski definition) is 7. The van der Waals surface area contributed by atoms with E-state index >= 15 is 0 Å². The van der Waals surface area contributed by atoms with Gasteiger partial charge in [-0.3, -0.25) is 0 Å². The molecule has 1 aliphatic rings. The molecule has 0 aliphatic carbocycles. The highest BCUT2D eigenvalue weighted by Crippen LogP contribution is 2.27. The Bertz CT molecular complexity index is 729. The first-order valence-corrected chi connectivity index (χ1v) is 11.2. The molecule has 31 heavy (non-hydrogen) atoms. The summed E-state index contributed by atoms with van der Waals surface area (Å²) in [7, 11) is 1.28. The fourth-order valence-corrected chi connectivity index (χ4v) is 3.52. The van der Waals surface area contributed by atoms with Gasteiger partial charge in [-0.1, -0.05) is 6.07 Å². The molecule has 1 N–H and O–H groups in total. The average Bonchev–Trinajstić information content (AvgIpc) is 2.70. The van der Waals surface area contributed by atoms with E-state index in [1.54, 1.807) is 26.8 Å². The topological polar surface area (TPSA) is 92.3 Å². The molecule has 1 heterocycles. The molecule has 9 heteroatoms. The number of nitrogens with one attached hydrogen (secondary N) is 1. The van der Waals surface area contributed by atoms with E-state index < -0.39 is 23.7 Å². The van der Waals surface area contributed by atoms with Crippen molar-refractivity contribution in [3.8, 4) is 5.75 Å². The van der Waals surface area contributed by atoms with E-state index in [1.807, 2.05) is 12.1 Å². The normalized spacial score (nSPS) is 17.5. The summed E-state index contributed by atoms with van der Waals surface area (Å²) in [5.41, 5.74) is 0.150. The van der Waals surface area contributed by atoms with Crippen molar-refractivity contribution in [2.75, 3.05) is 26.9 Å². The van der Waals surface area contributed by atoms with Crippen molar-refractivity contribution in [2.24, 2.45) is 0 Å². The molecule has 1 aromatic rings. The predicted octanol–water partition coefficient (Wildman–Crippen LogP) is 3.98. The van der Waals surface area contributed by atoms with Gasteiger partial charge in [0.05, 0.1) is 18.2 Å². The maximum Gasteiger partial charge on any atom is 0.408 e. The van der Waals surface area contributed by atoms with E-state index in [1.165, 1.54) is 7.11 Å². The van der Waals surface area contributed by atoms with Crippen LogP contribution in [0.4, 0.5) is 4.79 Å². The monoisotopic (exact) mass is 501 g/mol. The average molecular weight is 502 g/mol. The summed E-state index contributed by atoms with van der Waals surface area (Å²) in [6.07, 6.45) is 2.54. The van der Waals surface area contributed by atoms with Crippen molar-refractivity contribution in [1.82, 2.24) is 5.32 Å². The lowest BCUT2D eigenvalue weighted by Gasteiger charge is -2.23. The second-order valence-electron chi connectivity index (χ2n) is 8.21. The van der Waals surface area contributed by atoms with Crippen molar-refractivity contribution in [2.45, 2.75) is 64.4 Å². The first-order valence-electron chi connectivity index (χ1n) is 10.4. The van der Waals surface area contributed by atoms with Crippen LogP contribution >= 0.6 is 15.9 Å². The van der Waals surface area contributed by atoms with Gasteiger partial charge in [0, 0.05) is 13.0 Å². The van der Waals surface area contributed by atoms with E-state index in [0.717, 1.165) is 35.9 Å². The van der Waals surface area contributed by atoms with Gasteiger partial charge >= 0.3 is 12.1 Å². The number of carbonyl (C=O) groups is 2. The third kappa shape index (κ3) is 9.45. The van der Waals surface area contributed by atoms with E-state index in [0.29, 0.717) is 19.0 Å². The predicted molar refractivity (Wildman–Crippen MR) is 118 cm³/mol. The first-order chi connectivity index (χ1) is 14.7. The van der Waals surface area contributed by atoms with Crippen molar-refractivity contribution >= 4 is 28.0 Å². The minimum Gasteiger partial charge on any atom is -0.490 e. The fraction of sp³-hybridized carbons (Fsp3) is 0.636. The smallest absolute Gasteiger partial charge is 0.408 e. The Morgan fingerprint density at radius 1 is 1.26 bits per heavy atom. The second-order valence-corrected chi connectivity index (χ2v) is 9.06. The number of halogens is 1. The number of hydrogen-bond donors (Lipinski definition) is 1. The van der Waals surface area contributed by atoms with Crippen LogP contribution in [0.1, 0.15) is 45.6 Å². The Labute approximate surface area is 192 Å². The Balaban J connectivity index is 1.88. The molecule has 174 valence electrons. The van der Waals surface area contributed by atoms with Crippen LogP contribution < -0.4 is 10.1 Å². The van der Waals surface area contributed by atoms with Crippen LogP contribution in [0.15, 0.2) is 22.7 Å². The van der Waals surface area contributed by atoms with Gasteiger partial charge in [0.25, 0.3) is 0 Å². The van der Waals surface area contributed by atoms with Crippen molar-refractivity contribution in [3.05, 3.63) is 28.2 Å². The number of ether oxygens (including phenoxy) is 5. The lowest BCUT2D eigenvalue weighted by atomic mass is 10.1. The summed E-state index contributed by atoms with van der Waals surface area (Å²) in [6, 6.07) is 4.60. The third-order valence-electron chi connectivity index (χ3n) is 4.40. The number of rotatable bonds is 9. The molecular formula is C22H32BrNO7. The maximum atomic E-state index is 12.1. The molecule has 2 rings (SSSR count). The second kappa shape index (κ2) is 12.3. The molecule has 8 nitrogen and oxygen atoms in total. The van der Waals surface area contributed by atoms with Gasteiger partial charge in [-0.05, 0) is 73.7 Å². The molecule has 0 aromatic heterocycles. The number of benzene rings is 1. The van der Waals surface area contributed by atoms with Crippen molar-refractivity contribution < 1.29 is 33.3 Å². The zero-order valence-electron chi connectivity index (χ0n) is 18.6. The minimum atomic E-state index is -0.873. The molecule has 0 radical (unpaired) electrons. The Morgan fingerprint density at radius 3 is 2.65 bits per heavy atom. The molecule has 1 amide bonds. The fourth-order valence-electron chi connectivity index (χ4n) is 2.98. The molecule has 1 saturated heterocycles. The van der Waals surface area contributed by atoms with Gasteiger partial charge in [0.15, 0.2) is 6.29 Å². The summed E-state index contributed by atoms with van der Waals surface area (Å²) in [5, 5.41) is 2.57. The molecular weight excluding hydrogens is 470 g/mol. The summed E-state index contributed by atoms with van der Waals surface area (Å²) in [4.78, 5) is 24.2. The molecule has 1 aliphatic heterocycles. The molecule has 0 saturated carbocycles. The van der Waals surface area contributed by atoms with Gasteiger partial charge in [-0.2, -0.15) is 0 Å². The van der Waals surface area contributed by atoms with Crippen LogP contribution in [-0.2, 0) is 30.2 Å². The van der Waals surface area contributed by atoms with Gasteiger partial charge in [-0.15, -0.1) is 0 Å². The maximum absolute atomic E-state index is 12.1. The van der Waals surface area contributed by atoms with Crippen LogP contribution in [-0.4, -0.2) is 56.9 Å². The van der Waals surface area contributed by atoms with Crippen LogP contribution in [0.25, 0.3) is 0 Å². The van der Waals surface area contributed by atoms with Gasteiger partial charge in [0.2, 0.25) is 0 Å². The highest BCUT2D eigenvalue weighted by atomic mass is 79.9.